The minimum absolute atomic E-state index is 0.901. The van der Waals surface area contributed by atoms with Gasteiger partial charge in [-0.2, -0.15) is 0 Å². The fourth-order valence-electron chi connectivity index (χ4n) is 7.96. The summed E-state index contributed by atoms with van der Waals surface area (Å²) >= 11 is 0. The Hall–Kier alpha value is -5.80. The van der Waals surface area contributed by atoms with Crippen LogP contribution in [-0.4, -0.2) is 4.57 Å². The number of furan rings is 1. The van der Waals surface area contributed by atoms with Crippen molar-refractivity contribution in [3.05, 3.63) is 155 Å². The average molecular weight is 635 g/mol. The number of hydrogen-bond donors (Lipinski definition) is 0. The highest BCUT2D eigenvalue weighted by Crippen LogP contribution is 2.41. The molecule has 7 aromatic rings. The fraction of sp³-hybridized carbons (Fsp3) is 0.130. The van der Waals surface area contributed by atoms with E-state index in [1.54, 1.807) is 0 Å². The first-order valence-corrected chi connectivity index (χ1v) is 17.4. The summed E-state index contributed by atoms with van der Waals surface area (Å²) in [6.07, 6.45) is 19.5. The van der Waals surface area contributed by atoms with Gasteiger partial charge in [0, 0.05) is 55.6 Å². The molecule has 3 heteroatoms. The van der Waals surface area contributed by atoms with Crippen molar-refractivity contribution in [3.63, 3.8) is 0 Å². The minimum Gasteiger partial charge on any atom is -0.456 e. The van der Waals surface area contributed by atoms with E-state index >= 15 is 0 Å². The summed E-state index contributed by atoms with van der Waals surface area (Å²) in [5.41, 5.74) is 11.9. The molecule has 2 aliphatic rings. The average Bonchev–Trinajstić information content (AvgIpc) is 3.71. The van der Waals surface area contributed by atoms with E-state index in [2.05, 4.69) is 162 Å². The van der Waals surface area contributed by atoms with Crippen LogP contribution >= 0.6 is 0 Å². The molecule has 0 bridgehead atoms. The van der Waals surface area contributed by atoms with Crippen molar-refractivity contribution in [3.8, 4) is 0 Å². The normalized spacial score (nSPS) is 15.8. The number of rotatable bonds is 5. The zero-order valence-corrected chi connectivity index (χ0v) is 28.0. The highest BCUT2D eigenvalue weighted by atomic mass is 16.3. The summed E-state index contributed by atoms with van der Waals surface area (Å²) in [7, 11) is 0. The standard InChI is InChI=1S/C46H38N2O/c1-3-38-41-28-26-37(30-45(41)49-44(38)4-2)47(36-17-12-16-33(29-36)31-13-6-5-7-14-31)34-22-24-35(25-23-34)48-43-20-11-10-19-40(43)42-27-21-32-15-8-9-18-39(32)46(42)48/h3-6,8-13,15-22,24,26-30H,7,14,23,25H2,1-2H3/b38-3-,44-4+. The van der Waals surface area contributed by atoms with Crippen LogP contribution in [0.25, 0.3) is 67.0 Å². The highest BCUT2D eigenvalue weighted by Gasteiger charge is 2.22. The van der Waals surface area contributed by atoms with Crippen molar-refractivity contribution in [2.75, 3.05) is 4.90 Å². The lowest BCUT2D eigenvalue weighted by molar-refractivity contribution is 0.575. The van der Waals surface area contributed by atoms with Gasteiger partial charge < -0.3 is 13.9 Å². The number of para-hydroxylation sites is 1. The van der Waals surface area contributed by atoms with Crippen molar-refractivity contribution in [1.82, 2.24) is 4.57 Å². The lowest BCUT2D eigenvalue weighted by Gasteiger charge is -2.30. The first-order chi connectivity index (χ1) is 24.2. The van der Waals surface area contributed by atoms with Gasteiger partial charge in [-0.05, 0) is 105 Å². The molecule has 0 atom stereocenters. The number of nitrogens with zero attached hydrogens (tertiary/aromatic N) is 2. The molecule has 0 N–H and O–H groups in total. The van der Waals surface area contributed by atoms with Crippen LogP contribution in [0.4, 0.5) is 11.4 Å². The SMILES string of the molecule is C/C=c1\c(=C/C)oc2cc(N(C3=CC=C(n4c5ccccc5c5ccc6ccccc6c54)CC3)c3cccc(C4=CC=CCC4)c3)ccc12. The van der Waals surface area contributed by atoms with Crippen molar-refractivity contribution >= 4 is 78.3 Å². The van der Waals surface area contributed by atoms with Crippen LogP contribution in [-0.2, 0) is 0 Å². The number of anilines is 2. The molecule has 0 radical (unpaired) electrons. The number of fused-ring (bicyclic) bond motifs is 6. The summed E-state index contributed by atoms with van der Waals surface area (Å²) in [6.45, 7) is 4.12. The molecule has 0 saturated heterocycles. The third-order valence-electron chi connectivity index (χ3n) is 10.3. The molecule has 2 aromatic heterocycles. The Labute approximate surface area is 286 Å². The topological polar surface area (TPSA) is 21.3 Å². The zero-order valence-electron chi connectivity index (χ0n) is 28.0. The number of hydrogen-bond acceptors (Lipinski definition) is 2. The maximum atomic E-state index is 6.39. The van der Waals surface area contributed by atoms with Crippen molar-refractivity contribution < 1.29 is 4.42 Å². The van der Waals surface area contributed by atoms with Crippen LogP contribution in [0, 0.1) is 0 Å². The largest absolute Gasteiger partial charge is 0.456 e. The Balaban J connectivity index is 1.22. The molecule has 0 aliphatic heterocycles. The Morgan fingerprint density at radius 1 is 0.673 bits per heavy atom. The van der Waals surface area contributed by atoms with Crippen molar-refractivity contribution in [2.45, 2.75) is 39.5 Å². The van der Waals surface area contributed by atoms with Gasteiger partial charge in [0.1, 0.15) is 11.0 Å². The first kappa shape index (κ1) is 29.3. The van der Waals surface area contributed by atoms with Crippen LogP contribution in [0.15, 0.2) is 144 Å². The number of aromatic nitrogens is 1. The molecule has 49 heavy (non-hydrogen) atoms. The van der Waals surface area contributed by atoms with E-state index in [-0.39, 0.29) is 0 Å². The Bertz CT molecular complexity index is 2690. The van der Waals surface area contributed by atoms with E-state index in [4.69, 9.17) is 4.42 Å². The van der Waals surface area contributed by atoms with Gasteiger partial charge in [-0.15, -0.1) is 0 Å². The Kier molecular flexibility index (Phi) is 7.20. The van der Waals surface area contributed by atoms with Crippen LogP contribution in [0.1, 0.15) is 45.1 Å². The summed E-state index contributed by atoms with van der Waals surface area (Å²) in [5, 5.41) is 7.44. The summed E-state index contributed by atoms with van der Waals surface area (Å²) in [5.74, 6) is 0. The van der Waals surface area contributed by atoms with E-state index in [0.29, 0.717) is 0 Å². The Morgan fingerprint density at radius 3 is 2.33 bits per heavy atom. The first-order valence-electron chi connectivity index (χ1n) is 17.4. The van der Waals surface area contributed by atoms with Crippen LogP contribution < -0.4 is 15.5 Å². The van der Waals surface area contributed by atoms with E-state index < -0.39 is 0 Å². The van der Waals surface area contributed by atoms with Crippen molar-refractivity contribution in [1.29, 1.82) is 0 Å². The summed E-state index contributed by atoms with van der Waals surface area (Å²) in [4.78, 5) is 2.43. The lowest BCUT2D eigenvalue weighted by Crippen LogP contribution is -2.19. The zero-order chi connectivity index (χ0) is 32.9. The van der Waals surface area contributed by atoms with Gasteiger partial charge in [-0.25, -0.2) is 0 Å². The summed E-state index contributed by atoms with van der Waals surface area (Å²) in [6, 6.07) is 37.9. The van der Waals surface area contributed by atoms with Gasteiger partial charge in [0.25, 0.3) is 0 Å². The molecule has 0 unspecified atom stereocenters. The Morgan fingerprint density at radius 2 is 1.51 bits per heavy atom. The second-order valence-electron chi connectivity index (χ2n) is 13.0. The lowest BCUT2D eigenvalue weighted by atomic mass is 9.96. The molecule has 0 spiro atoms. The van der Waals surface area contributed by atoms with E-state index in [0.717, 1.165) is 58.7 Å². The van der Waals surface area contributed by atoms with Crippen LogP contribution in [0.3, 0.4) is 0 Å². The molecule has 9 rings (SSSR count). The maximum absolute atomic E-state index is 6.39. The van der Waals surface area contributed by atoms with Gasteiger partial charge >= 0.3 is 0 Å². The molecular weight excluding hydrogens is 597 g/mol. The molecule has 3 nitrogen and oxygen atoms in total. The van der Waals surface area contributed by atoms with Gasteiger partial charge in [-0.1, -0.05) is 91.0 Å². The minimum atomic E-state index is 0.901. The third-order valence-corrected chi connectivity index (χ3v) is 10.3. The molecule has 2 aliphatic carbocycles. The van der Waals surface area contributed by atoms with Gasteiger partial charge in [0.15, 0.2) is 0 Å². The smallest absolute Gasteiger partial charge is 0.137 e. The van der Waals surface area contributed by atoms with Crippen LogP contribution in [0.5, 0.6) is 0 Å². The third kappa shape index (κ3) is 4.88. The quantitative estimate of drug-likeness (QED) is 0.188. The molecule has 0 saturated carbocycles. The molecular formula is C46H38N2O. The predicted molar refractivity (Wildman–Crippen MR) is 209 cm³/mol. The monoisotopic (exact) mass is 634 g/mol. The van der Waals surface area contributed by atoms with Gasteiger partial charge in [0.2, 0.25) is 0 Å². The predicted octanol–water partition coefficient (Wildman–Crippen LogP) is 11.4. The molecule has 2 heterocycles. The van der Waals surface area contributed by atoms with Gasteiger partial charge in [0.05, 0.1) is 11.0 Å². The van der Waals surface area contributed by atoms with E-state index in [1.807, 2.05) is 6.92 Å². The van der Waals surface area contributed by atoms with Crippen molar-refractivity contribution in [2.24, 2.45) is 0 Å². The highest BCUT2D eigenvalue weighted by molar-refractivity contribution is 6.19. The number of benzene rings is 5. The second-order valence-corrected chi connectivity index (χ2v) is 13.0. The van der Waals surface area contributed by atoms with Gasteiger partial charge in [-0.3, -0.25) is 0 Å². The maximum Gasteiger partial charge on any atom is 0.137 e. The fourth-order valence-corrected chi connectivity index (χ4v) is 7.96. The molecule has 0 amide bonds. The molecule has 0 fully saturated rings. The molecule has 5 aromatic carbocycles. The second kappa shape index (κ2) is 12.0. The van der Waals surface area contributed by atoms with E-state index in [1.165, 1.54) is 55.1 Å². The van der Waals surface area contributed by atoms with Crippen LogP contribution in [0.2, 0.25) is 0 Å². The van der Waals surface area contributed by atoms with E-state index in [9.17, 15) is 0 Å². The summed E-state index contributed by atoms with van der Waals surface area (Å²) < 4.78 is 8.90. The number of allylic oxidation sites excluding steroid dienone is 8. The molecule has 238 valence electrons.